The number of nitrogens with one attached hydrogen (secondary N) is 1. The van der Waals surface area contributed by atoms with E-state index in [-0.39, 0.29) is 17.8 Å². The van der Waals surface area contributed by atoms with Crippen molar-refractivity contribution in [3.8, 4) is 0 Å². The highest BCUT2D eigenvalue weighted by Gasteiger charge is 2.07. The smallest absolute Gasteiger partial charge is 0.255 e. The second-order valence-corrected chi connectivity index (χ2v) is 5.38. The van der Waals surface area contributed by atoms with Crippen LogP contribution in [0, 0.1) is 13.8 Å². The molecule has 124 valence electrons. The molecule has 2 aromatic rings. The summed E-state index contributed by atoms with van der Waals surface area (Å²) in [5, 5.41) is 2.87. The van der Waals surface area contributed by atoms with Gasteiger partial charge in [0.05, 0.1) is 5.69 Å². The van der Waals surface area contributed by atoms with Crippen molar-refractivity contribution in [3.63, 3.8) is 0 Å². The van der Waals surface area contributed by atoms with Crippen LogP contribution >= 0.6 is 0 Å². The largest absolute Gasteiger partial charge is 0.370 e. The summed E-state index contributed by atoms with van der Waals surface area (Å²) in [6.45, 7) is 3.97. The number of hydrogen-bond acceptors (Lipinski definition) is 2. The number of carbonyl (C=O) groups is 1. The van der Waals surface area contributed by atoms with Gasteiger partial charge in [-0.2, -0.15) is 4.99 Å². The Bertz CT molecular complexity index is 784. The molecule has 2 rings (SSSR count). The summed E-state index contributed by atoms with van der Waals surface area (Å²) in [5.74, 6) is -0.421. The monoisotopic (exact) mass is 324 g/mol. The lowest BCUT2D eigenvalue weighted by Crippen LogP contribution is -2.26. The van der Waals surface area contributed by atoms with E-state index in [2.05, 4.69) is 15.3 Å². The topological polar surface area (TPSA) is 132 Å². The van der Waals surface area contributed by atoms with Crippen LogP contribution in [-0.4, -0.2) is 17.8 Å². The van der Waals surface area contributed by atoms with Gasteiger partial charge in [-0.3, -0.25) is 4.79 Å². The molecule has 0 fully saturated rings. The van der Waals surface area contributed by atoms with Crippen molar-refractivity contribution in [3.05, 3.63) is 59.2 Å². The summed E-state index contributed by atoms with van der Waals surface area (Å²) in [6, 6.07) is 12.5. The van der Waals surface area contributed by atoms with Crippen LogP contribution < -0.4 is 22.5 Å². The third-order valence-corrected chi connectivity index (χ3v) is 3.10. The van der Waals surface area contributed by atoms with Gasteiger partial charge in [0.2, 0.25) is 5.96 Å². The van der Waals surface area contributed by atoms with Crippen LogP contribution in [0.5, 0.6) is 0 Å². The van der Waals surface area contributed by atoms with Crippen molar-refractivity contribution >= 4 is 29.2 Å². The Hall–Kier alpha value is -3.35. The van der Waals surface area contributed by atoms with Crippen LogP contribution in [0.1, 0.15) is 21.5 Å². The summed E-state index contributed by atoms with van der Waals surface area (Å²) in [6.07, 6.45) is 0. The molecule has 0 heterocycles. The molecular weight excluding hydrogens is 304 g/mol. The fraction of sp³-hybridized carbons (Fsp3) is 0.118. The first-order valence-corrected chi connectivity index (χ1v) is 7.27. The molecule has 0 atom stereocenters. The van der Waals surface area contributed by atoms with Gasteiger partial charge in [-0.15, -0.1) is 0 Å². The number of amides is 1. The van der Waals surface area contributed by atoms with E-state index in [4.69, 9.17) is 17.2 Å². The highest BCUT2D eigenvalue weighted by atomic mass is 16.1. The van der Waals surface area contributed by atoms with Gasteiger partial charge in [-0.1, -0.05) is 6.07 Å². The van der Waals surface area contributed by atoms with Crippen molar-refractivity contribution in [1.82, 2.24) is 0 Å². The lowest BCUT2D eigenvalue weighted by molar-refractivity contribution is 0.102. The van der Waals surface area contributed by atoms with Gasteiger partial charge in [0.1, 0.15) is 0 Å². The van der Waals surface area contributed by atoms with Crippen LogP contribution in [0.3, 0.4) is 0 Å². The number of anilines is 1. The first kappa shape index (κ1) is 17.0. The molecule has 0 bridgehead atoms. The lowest BCUT2D eigenvalue weighted by atomic mass is 10.1. The van der Waals surface area contributed by atoms with E-state index in [1.54, 1.807) is 24.3 Å². The zero-order valence-electron chi connectivity index (χ0n) is 13.6. The summed E-state index contributed by atoms with van der Waals surface area (Å²) in [7, 11) is 0. The zero-order valence-corrected chi connectivity index (χ0v) is 13.6. The minimum Gasteiger partial charge on any atom is -0.370 e. The number of nitrogens with two attached hydrogens (primary N) is 3. The maximum atomic E-state index is 12.3. The fourth-order valence-electron chi connectivity index (χ4n) is 2.23. The van der Waals surface area contributed by atoms with Crippen LogP contribution in [0.4, 0.5) is 11.4 Å². The van der Waals surface area contributed by atoms with Crippen molar-refractivity contribution in [2.24, 2.45) is 27.2 Å². The van der Waals surface area contributed by atoms with E-state index in [9.17, 15) is 4.79 Å². The average Bonchev–Trinajstić information content (AvgIpc) is 2.45. The van der Waals surface area contributed by atoms with E-state index < -0.39 is 0 Å². The number of aryl methyl sites for hydroxylation is 2. The van der Waals surface area contributed by atoms with E-state index in [0.717, 1.165) is 16.8 Å². The lowest BCUT2D eigenvalue weighted by Gasteiger charge is -2.08. The fourth-order valence-corrected chi connectivity index (χ4v) is 2.23. The summed E-state index contributed by atoms with van der Waals surface area (Å²) >= 11 is 0. The number of nitrogens with zero attached hydrogens (tertiary/aromatic N) is 2. The van der Waals surface area contributed by atoms with E-state index in [1.807, 2.05) is 32.0 Å². The molecule has 1 amide bonds. The Balaban J connectivity index is 2.12. The van der Waals surface area contributed by atoms with Gasteiger partial charge in [-0.05, 0) is 61.4 Å². The Kier molecular flexibility index (Phi) is 5.16. The summed E-state index contributed by atoms with van der Waals surface area (Å²) < 4.78 is 0. The van der Waals surface area contributed by atoms with Gasteiger partial charge in [0, 0.05) is 11.3 Å². The maximum absolute atomic E-state index is 12.3. The molecule has 2 aromatic carbocycles. The number of carbonyl (C=O) groups excluding carboxylic acids is 1. The predicted octanol–water partition coefficient (Wildman–Crippen LogP) is 1.78. The number of aliphatic imine (C=N–C) groups is 2. The molecular formula is C17H20N6O. The normalized spacial score (nSPS) is 11.0. The highest BCUT2D eigenvalue weighted by molar-refractivity contribution is 6.04. The first-order valence-electron chi connectivity index (χ1n) is 7.27. The predicted molar refractivity (Wildman–Crippen MR) is 97.4 cm³/mol. The maximum Gasteiger partial charge on any atom is 0.255 e. The number of benzene rings is 2. The second kappa shape index (κ2) is 7.28. The third-order valence-electron chi connectivity index (χ3n) is 3.10. The summed E-state index contributed by atoms with van der Waals surface area (Å²) in [4.78, 5) is 19.9. The van der Waals surface area contributed by atoms with E-state index >= 15 is 0 Å². The molecule has 0 aliphatic heterocycles. The standard InChI is InChI=1S/C17H20N6O/c1-10-7-11(2)9-14(8-10)21-15(24)12-3-5-13(6-4-12)22-17(20)23-16(18)19/h3-9H,1-2H3,(H,21,24)(H6,18,19,20,22,23). The van der Waals surface area contributed by atoms with Gasteiger partial charge < -0.3 is 22.5 Å². The minimum absolute atomic E-state index is 0.0533. The Morgan fingerprint density at radius 1 is 0.958 bits per heavy atom. The molecule has 0 aliphatic rings. The molecule has 0 saturated heterocycles. The molecule has 0 unspecified atom stereocenters. The Labute approximate surface area is 140 Å². The second-order valence-electron chi connectivity index (χ2n) is 5.38. The molecule has 7 nitrogen and oxygen atoms in total. The van der Waals surface area contributed by atoms with E-state index in [1.165, 1.54) is 0 Å². The van der Waals surface area contributed by atoms with Gasteiger partial charge in [0.15, 0.2) is 5.96 Å². The first-order chi connectivity index (χ1) is 11.3. The molecule has 0 saturated carbocycles. The van der Waals surface area contributed by atoms with Crippen molar-refractivity contribution in [2.75, 3.05) is 5.32 Å². The SMILES string of the molecule is Cc1cc(C)cc(NC(=O)c2ccc(N=C(N)N=C(N)N)cc2)c1. The van der Waals surface area contributed by atoms with Gasteiger partial charge in [0.25, 0.3) is 5.91 Å². The minimum atomic E-state index is -0.201. The van der Waals surface area contributed by atoms with Crippen molar-refractivity contribution in [2.45, 2.75) is 13.8 Å². The quantitative estimate of drug-likeness (QED) is 0.506. The number of rotatable bonds is 3. The van der Waals surface area contributed by atoms with Crippen LogP contribution in [0.25, 0.3) is 0 Å². The average molecular weight is 324 g/mol. The Morgan fingerprint density at radius 3 is 2.08 bits per heavy atom. The molecule has 0 aliphatic carbocycles. The molecule has 0 aromatic heterocycles. The molecule has 7 N–H and O–H groups in total. The van der Waals surface area contributed by atoms with Crippen LogP contribution in [0.2, 0.25) is 0 Å². The highest BCUT2D eigenvalue weighted by Crippen LogP contribution is 2.17. The molecule has 24 heavy (non-hydrogen) atoms. The van der Waals surface area contributed by atoms with Crippen LogP contribution in [0.15, 0.2) is 52.4 Å². The van der Waals surface area contributed by atoms with Gasteiger partial charge in [-0.25, -0.2) is 4.99 Å². The van der Waals surface area contributed by atoms with Gasteiger partial charge >= 0.3 is 0 Å². The number of guanidine groups is 2. The number of hydrogen-bond donors (Lipinski definition) is 4. The third kappa shape index (κ3) is 4.84. The van der Waals surface area contributed by atoms with Crippen molar-refractivity contribution < 1.29 is 4.79 Å². The van der Waals surface area contributed by atoms with E-state index in [0.29, 0.717) is 11.3 Å². The molecule has 7 heteroatoms. The molecule has 0 radical (unpaired) electrons. The zero-order chi connectivity index (χ0) is 17.7. The molecule has 0 spiro atoms. The van der Waals surface area contributed by atoms with Crippen LogP contribution in [-0.2, 0) is 0 Å². The summed E-state index contributed by atoms with van der Waals surface area (Å²) in [5.41, 5.74) is 20.0. The Morgan fingerprint density at radius 2 is 1.54 bits per heavy atom. The van der Waals surface area contributed by atoms with Crippen molar-refractivity contribution in [1.29, 1.82) is 0 Å².